The minimum atomic E-state index is -0.512. The summed E-state index contributed by atoms with van der Waals surface area (Å²) in [7, 11) is 0. The number of carbonyl (C=O) groups excluding carboxylic acids is 2. The van der Waals surface area contributed by atoms with Crippen LogP contribution in [0.1, 0.15) is 27.1 Å². The molecule has 1 atom stereocenters. The van der Waals surface area contributed by atoms with Crippen LogP contribution in [-0.4, -0.2) is 31.6 Å². The molecule has 1 aliphatic heterocycles. The number of amides is 1. The molecule has 0 aromatic heterocycles. The van der Waals surface area contributed by atoms with Gasteiger partial charge in [-0.05, 0) is 42.8 Å². The summed E-state index contributed by atoms with van der Waals surface area (Å²) in [4.78, 5) is 25.4. The standard InChI is InChI=1S/C19H20N2O3/c20-18(22)15-6-8-16(9-7-15)19(23)24-13-14-10-11-21(12-14)17-4-2-1-3-5-17/h1-9,14H,10-13H2,(H2,20,22)/t14-/m0/s1. The maximum absolute atomic E-state index is 12.1. The van der Waals surface area contributed by atoms with Crippen LogP contribution in [0.5, 0.6) is 0 Å². The fourth-order valence-electron chi connectivity index (χ4n) is 2.89. The number of rotatable bonds is 5. The molecule has 1 aliphatic rings. The Kier molecular flexibility index (Phi) is 4.79. The van der Waals surface area contributed by atoms with Crippen molar-refractivity contribution in [2.45, 2.75) is 6.42 Å². The molecule has 1 heterocycles. The largest absolute Gasteiger partial charge is 0.462 e. The lowest BCUT2D eigenvalue weighted by Crippen LogP contribution is -2.22. The maximum Gasteiger partial charge on any atom is 0.338 e. The minimum absolute atomic E-state index is 0.332. The van der Waals surface area contributed by atoms with Crippen molar-refractivity contribution < 1.29 is 14.3 Å². The van der Waals surface area contributed by atoms with Gasteiger partial charge in [0.1, 0.15) is 0 Å². The number of hydrogen-bond acceptors (Lipinski definition) is 4. The molecule has 0 spiro atoms. The number of benzene rings is 2. The zero-order chi connectivity index (χ0) is 16.9. The monoisotopic (exact) mass is 324 g/mol. The van der Waals surface area contributed by atoms with Crippen LogP contribution in [0.3, 0.4) is 0 Å². The Bertz CT molecular complexity index is 713. The second-order valence-electron chi connectivity index (χ2n) is 5.98. The smallest absolute Gasteiger partial charge is 0.338 e. The van der Waals surface area contributed by atoms with Crippen LogP contribution in [0.4, 0.5) is 5.69 Å². The first-order valence-corrected chi connectivity index (χ1v) is 8.00. The number of esters is 1. The van der Waals surface area contributed by atoms with Gasteiger partial charge in [-0.2, -0.15) is 0 Å². The number of ether oxygens (including phenoxy) is 1. The Morgan fingerprint density at radius 3 is 2.38 bits per heavy atom. The van der Waals surface area contributed by atoms with Gasteiger partial charge in [0.25, 0.3) is 0 Å². The van der Waals surface area contributed by atoms with Crippen molar-refractivity contribution in [1.29, 1.82) is 0 Å². The van der Waals surface area contributed by atoms with Gasteiger partial charge in [-0.15, -0.1) is 0 Å². The normalized spacial score (nSPS) is 16.8. The van der Waals surface area contributed by atoms with Gasteiger partial charge >= 0.3 is 5.97 Å². The highest BCUT2D eigenvalue weighted by Gasteiger charge is 2.24. The van der Waals surface area contributed by atoms with E-state index in [1.165, 1.54) is 17.8 Å². The Labute approximate surface area is 141 Å². The van der Waals surface area contributed by atoms with Crippen LogP contribution in [0, 0.1) is 5.92 Å². The first kappa shape index (κ1) is 16.1. The van der Waals surface area contributed by atoms with Gasteiger partial charge in [-0.25, -0.2) is 4.79 Å². The van der Waals surface area contributed by atoms with Gasteiger partial charge in [0.2, 0.25) is 5.91 Å². The van der Waals surface area contributed by atoms with E-state index in [0.717, 1.165) is 19.5 Å². The van der Waals surface area contributed by atoms with Crippen molar-refractivity contribution in [3.63, 3.8) is 0 Å². The summed E-state index contributed by atoms with van der Waals surface area (Å²) >= 11 is 0. The fraction of sp³-hybridized carbons (Fsp3) is 0.263. The van der Waals surface area contributed by atoms with E-state index in [4.69, 9.17) is 10.5 Å². The first-order valence-electron chi connectivity index (χ1n) is 8.00. The SMILES string of the molecule is NC(=O)c1ccc(C(=O)OC[C@H]2CCN(c3ccccc3)C2)cc1. The van der Waals surface area contributed by atoms with Crippen molar-refractivity contribution in [2.24, 2.45) is 11.7 Å². The first-order chi connectivity index (χ1) is 11.6. The van der Waals surface area contributed by atoms with E-state index in [-0.39, 0.29) is 5.97 Å². The molecule has 0 saturated carbocycles. The molecule has 124 valence electrons. The molecule has 0 radical (unpaired) electrons. The Hall–Kier alpha value is -2.82. The molecule has 2 N–H and O–H groups in total. The third kappa shape index (κ3) is 3.74. The summed E-state index contributed by atoms with van der Waals surface area (Å²) in [5, 5.41) is 0. The average Bonchev–Trinajstić information content (AvgIpc) is 3.09. The molecule has 24 heavy (non-hydrogen) atoms. The Morgan fingerprint density at radius 1 is 1.04 bits per heavy atom. The number of carbonyl (C=O) groups is 2. The minimum Gasteiger partial charge on any atom is -0.462 e. The molecule has 0 aliphatic carbocycles. The van der Waals surface area contributed by atoms with E-state index in [1.807, 2.05) is 18.2 Å². The molecule has 3 rings (SSSR count). The summed E-state index contributed by atoms with van der Waals surface area (Å²) in [6.45, 7) is 2.26. The predicted octanol–water partition coefficient (Wildman–Crippen LogP) is 2.47. The van der Waals surface area contributed by atoms with E-state index in [0.29, 0.717) is 23.7 Å². The number of primary amides is 1. The van der Waals surface area contributed by atoms with Gasteiger partial charge in [0.15, 0.2) is 0 Å². The van der Waals surface area contributed by atoms with Crippen LogP contribution in [0.2, 0.25) is 0 Å². The number of nitrogens with two attached hydrogens (primary N) is 1. The molecule has 1 saturated heterocycles. The molecule has 5 heteroatoms. The Morgan fingerprint density at radius 2 is 1.71 bits per heavy atom. The summed E-state index contributed by atoms with van der Waals surface area (Å²) < 4.78 is 5.41. The van der Waals surface area contributed by atoms with Gasteiger partial charge in [0, 0.05) is 30.3 Å². The topological polar surface area (TPSA) is 72.6 Å². The quantitative estimate of drug-likeness (QED) is 0.858. The summed E-state index contributed by atoms with van der Waals surface area (Å²) in [6.07, 6.45) is 1.00. The van der Waals surface area contributed by atoms with Crippen LogP contribution < -0.4 is 10.6 Å². The highest BCUT2D eigenvalue weighted by Crippen LogP contribution is 2.23. The predicted molar refractivity (Wildman–Crippen MR) is 92.0 cm³/mol. The molecule has 2 aromatic rings. The highest BCUT2D eigenvalue weighted by atomic mass is 16.5. The third-order valence-corrected chi connectivity index (χ3v) is 4.26. The van der Waals surface area contributed by atoms with E-state index < -0.39 is 5.91 Å². The van der Waals surface area contributed by atoms with E-state index in [1.54, 1.807) is 12.1 Å². The molecular weight excluding hydrogens is 304 g/mol. The third-order valence-electron chi connectivity index (χ3n) is 4.26. The molecule has 5 nitrogen and oxygen atoms in total. The summed E-state index contributed by atoms with van der Waals surface area (Å²) in [5.41, 5.74) is 7.19. The van der Waals surface area contributed by atoms with E-state index >= 15 is 0 Å². The second kappa shape index (κ2) is 7.17. The molecular formula is C19H20N2O3. The van der Waals surface area contributed by atoms with Crippen molar-refractivity contribution in [3.8, 4) is 0 Å². The van der Waals surface area contributed by atoms with Crippen molar-refractivity contribution in [2.75, 3.05) is 24.6 Å². The van der Waals surface area contributed by atoms with Crippen molar-refractivity contribution in [3.05, 3.63) is 65.7 Å². The molecule has 0 bridgehead atoms. The van der Waals surface area contributed by atoms with Crippen LogP contribution in [0.25, 0.3) is 0 Å². The van der Waals surface area contributed by atoms with Crippen molar-refractivity contribution in [1.82, 2.24) is 0 Å². The van der Waals surface area contributed by atoms with Gasteiger partial charge in [-0.3, -0.25) is 4.79 Å². The van der Waals surface area contributed by atoms with Crippen molar-refractivity contribution >= 4 is 17.6 Å². The molecule has 1 amide bonds. The lowest BCUT2D eigenvalue weighted by Gasteiger charge is -2.18. The molecule has 1 fully saturated rings. The number of anilines is 1. The van der Waals surface area contributed by atoms with Gasteiger partial charge in [0.05, 0.1) is 12.2 Å². The lowest BCUT2D eigenvalue weighted by molar-refractivity contribution is 0.0451. The lowest BCUT2D eigenvalue weighted by atomic mass is 10.1. The summed E-state index contributed by atoms with van der Waals surface area (Å²) in [5.74, 6) is -0.551. The van der Waals surface area contributed by atoms with Gasteiger partial charge < -0.3 is 15.4 Å². The number of hydrogen-bond donors (Lipinski definition) is 1. The molecule has 2 aromatic carbocycles. The maximum atomic E-state index is 12.1. The summed E-state index contributed by atoms with van der Waals surface area (Å²) in [6, 6.07) is 16.4. The van der Waals surface area contributed by atoms with Crippen LogP contribution >= 0.6 is 0 Å². The van der Waals surface area contributed by atoms with Crippen LogP contribution in [-0.2, 0) is 4.74 Å². The van der Waals surface area contributed by atoms with Gasteiger partial charge in [-0.1, -0.05) is 18.2 Å². The zero-order valence-corrected chi connectivity index (χ0v) is 13.4. The van der Waals surface area contributed by atoms with Crippen LogP contribution in [0.15, 0.2) is 54.6 Å². The zero-order valence-electron chi connectivity index (χ0n) is 13.4. The number of nitrogens with zero attached hydrogens (tertiary/aromatic N) is 1. The number of para-hydroxylation sites is 1. The Balaban J connectivity index is 1.51. The van der Waals surface area contributed by atoms with E-state index in [9.17, 15) is 9.59 Å². The van der Waals surface area contributed by atoms with E-state index in [2.05, 4.69) is 17.0 Å². The average molecular weight is 324 g/mol. The highest BCUT2D eigenvalue weighted by molar-refractivity contribution is 5.95. The second-order valence-corrected chi connectivity index (χ2v) is 5.98. The fourth-order valence-corrected chi connectivity index (χ4v) is 2.89. The molecule has 0 unspecified atom stereocenters.